The monoisotopic (exact) mass is 860 g/mol. The normalized spacial score (nSPS) is 12.6. The van der Waals surface area contributed by atoms with Gasteiger partial charge in [-0.25, -0.2) is 0 Å². The summed E-state index contributed by atoms with van der Waals surface area (Å²) in [6.45, 7) is 11.7. The van der Waals surface area contributed by atoms with Crippen molar-refractivity contribution < 1.29 is 56.8 Å². The second-order valence-corrected chi connectivity index (χ2v) is 15.2. The first-order valence-electron chi connectivity index (χ1n) is 21.7. The van der Waals surface area contributed by atoms with Crippen LogP contribution in [0.1, 0.15) is 40.3 Å². The van der Waals surface area contributed by atoms with Gasteiger partial charge in [0.25, 0.3) is 0 Å². The summed E-state index contributed by atoms with van der Waals surface area (Å²) in [5.41, 5.74) is 9.18. The highest BCUT2D eigenvalue weighted by molar-refractivity contribution is 5.82. The molecule has 12 nitrogen and oxygen atoms in total. The molecule has 0 amide bonds. The Morgan fingerprint density at radius 3 is 1.10 bits per heavy atom. The van der Waals surface area contributed by atoms with E-state index < -0.39 is 5.41 Å². The molecule has 0 bridgehead atoms. The van der Waals surface area contributed by atoms with Gasteiger partial charge in [0.2, 0.25) is 0 Å². The van der Waals surface area contributed by atoms with Crippen molar-refractivity contribution in [1.82, 2.24) is 0 Å². The van der Waals surface area contributed by atoms with E-state index in [2.05, 4.69) is 74.5 Å². The lowest BCUT2D eigenvalue weighted by Gasteiger charge is -2.34. The standard InChI is InChI=1S/C50H68O12/c1-7-39-9-11-47-46-10-8-38(2)28-48(46)50(49(47)33-39,36-40-29-42(59-24-20-55-16-12-51-3)34-43(30-40)60-25-21-56-17-13-52-4)37-41-31-44(61-26-22-57-18-14-53-5)35-45(32-41)62-27-23-58-19-15-54-6/h8-11,28-35H,7,12-27,36-37H2,1-6H3. The van der Waals surface area contributed by atoms with Crippen LogP contribution in [-0.2, 0) is 62.6 Å². The Balaban J connectivity index is 1.55. The van der Waals surface area contributed by atoms with Crippen LogP contribution in [0.3, 0.4) is 0 Å². The van der Waals surface area contributed by atoms with Crippen LogP contribution in [0.15, 0.2) is 72.8 Å². The first-order valence-corrected chi connectivity index (χ1v) is 21.7. The minimum Gasteiger partial charge on any atom is -0.491 e. The van der Waals surface area contributed by atoms with Crippen molar-refractivity contribution >= 4 is 0 Å². The van der Waals surface area contributed by atoms with Gasteiger partial charge in [-0.3, -0.25) is 0 Å². The van der Waals surface area contributed by atoms with Crippen LogP contribution in [0.4, 0.5) is 0 Å². The van der Waals surface area contributed by atoms with E-state index >= 15 is 0 Å². The van der Waals surface area contributed by atoms with Gasteiger partial charge in [0, 0.05) is 46.0 Å². The minimum atomic E-state index is -0.493. The second kappa shape index (κ2) is 27.1. The van der Waals surface area contributed by atoms with Crippen molar-refractivity contribution in [3.8, 4) is 34.1 Å². The molecular formula is C50H68O12. The first kappa shape index (κ1) is 48.8. The molecule has 0 aliphatic heterocycles. The average molecular weight is 861 g/mol. The van der Waals surface area contributed by atoms with Crippen LogP contribution in [0.25, 0.3) is 11.1 Å². The summed E-state index contributed by atoms with van der Waals surface area (Å²) in [7, 11) is 6.65. The molecule has 0 unspecified atom stereocenters. The van der Waals surface area contributed by atoms with Crippen LogP contribution in [-0.4, -0.2) is 134 Å². The Hall–Kier alpha value is -4.24. The zero-order valence-corrected chi connectivity index (χ0v) is 37.8. The molecule has 0 aromatic heterocycles. The number of ether oxygens (including phenoxy) is 12. The molecule has 0 fully saturated rings. The fourth-order valence-electron chi connectivity index (χ4n) is 7.67. The van der Waals surface area contributed by atoms with Crippen molar-refractivity contribution in [2.45, 2.75) is 38.5 Å². The van der Waals surface area contributed by atoms with Gasteiger partial charge in [-0.05, 0) is 89.4 Å². The number of aryl methyl sites for hydroxylation is 2. The van der Waals surface area contributed by atoms with E-state index in [-0.39, 0.29) is 0 Å². The van der Waals surface area contributed by atoms with Crippen molar-refractivity contribution in [1.29, 1.82) is 0 Å². The fourth-order valence-corrected chi connectivity index (χ4v) is 7.67. The number of hydrogen-bond acceptors (Lipinski definition) is 12. The average Bonchev–Trinajstić information content (AvgIpc) is 3.52. The zero-order valence-electron chi connectivity index (χ0n) is 37.8. The maximum atomic E-state index is 6.34. The maximum Gasteiger partial charge on any atom is 0.123 e. The first-order chi connectivity index (χ1) is 30.4. The summed E-state index contributed by atoms with van der Waals surface area (Å²) < 4.78 is 68.9. The summed E-state index contributed by atoms with van der Waals surface area (Å²) >= 11 is 0. The van der Waals surface area contributed by atoms with Crippen molar-refractivity contribution in [3.05, 3.63) is 106 Å². The van der Waals surface area contributed by atoms with E-state index in [1.807, 2.05) is 12.1 Å². The molecule has 1 aliphatic carbocycles. The molecule has 0 radical (unpaired) electrons. The number of benzene rings is 4. The highest BCUT2D eigenvalue weighted by atomic mass is 16.6. The molecule has 340 valence electrons. The molecular weight excluding hydrogens is 793 g/mol. The molecule has 0 saturated carbocycles. The topological polar surface area (TPSA) is 111 Å². The molecule has 4 aromatic carbocycles. The zero-order chi connectivity index (χ0) is 43.8. The second-order valence-electron chi connectivity index (χ2n) is 15.2. The van der Waals surface area contributed by atoms with Crippen LogP contribution in [0, 0.1) is 6.92 Å². The molecule has 12 heteroatoms. The van der Waals surface area contributed by atoms with Crippen molar-refractivity contribution in [2.24, 2.45) is 0 Å². The smallest absolute Gasteiger partial charge is 0.123 e. The van der Waals surface area contributed by atoms with Crippen molar-refractivity contribution in [3.63, 3.8) is 0 Å². The van der Waals surface area contributed by atoms with E-state index in [0.29, 0.717) is 142 Å². The van der Waals surface area contributed by atoms with Gasteiger partial charge in [0.05, 0.1) is 79.3 Å². The third-order valence-electron chi connectivity index (χ3n) is 10.6. The van der Waals surface area contributed by atoms with Gasteiger partial charge in [0.1, 0.15) is 49.4 Å². The number of rotatable bonds is 33. The molecule has 62 heavy (non-hydrogen) atoms. The summed E-state index contributed by atoms with van der Waals surface area (Å²) in [6, 6.07) is 26.2. The lowest BCUT2D eigenvalue weighted by molar-refractivity contribution is 0.0532. The Morgan fingerprint density at radius 2 is 0.726 bits per heavy atom. The molecule has 0 heterocycles. The number of hydrogen-bond donors (Lipinski definition) is 0. The highest BCUT2D eigenvalue weighted by Crippen LogP contribution is 2.53. The summed E-state index contributed by atoms with van der Waals surface area (Å²) in [4.78, 5) is 0. The van der Waals surface area contributed by atoms with Gasteiger partial charge in [0.15, 0.2) is 0 Å². The van der Waals surface area contributed by atoms with Gasteiger partial charge >= 0.3 is 0 Å². The van der Waals surface area contributed by atoms with Crippen LogP contribution in [0.2, 0.25) is 0 Å². The van der Waals surface area contributed by atoms with E-state index in [9.17, 15) is 0 Å². The highest BCUT2D eigenvalue weighted by Gasteiger charge is 2.44. The third-order valence-corrected chi connectivity index (χ3v) is 10.6. The van der Waals surface area contributed by atoms with Crippen molar-refractivity contribution in [2.75, 3.05) is 134 Å². The largest absolute Gasteiger partial charge is 0.491 e. The molecule has 0 spiro atoms. The fraction of sp³-hybridized carbons (Fsp3) is 0.520. The summed E-state index contributed by atoms with van der Waals surface area (Å²) in [5.74, 6) is 2.83. The Kier molecular flexibility index (Phi) is 21.3. The lowest BCUT2D eigenvalue weighted by Crippen LogP contribution is -2.31. The molecule has 0 N–H and O–H groups in total. The third kappa shape index (κ3) is 14.9. The Morgan fingerprint density at radius 1 is 0.371 bits per heavy atom. The predicted molar refractivity (Wildman–Crippen MR) is 240 cm³/mol. The quantitative estimate of drug-likeness (QED) is 0.0444. The molecule has 5 rings (SSSR count). The molecule has 1 aliphatic rings. The summed E-state index contributed by atoms with van der Waals surface area (Å²) in [6.07, 6.45) is 2.24. The van der Waals surface area contributed by atoms with E-state index in [4.69, 9.17) is 56.8 Å². The Labute approximate surface area is 368 Å². The van der Waals surface area contributed by atoms with Gasteiger partial charge in [-0.2, -0.15) is 0 Å². The predicted octanol–water partition coefficient (Wildman–Crippen LogP) is 7.48. The van der Waals surface area contributed by atoms with Gasteiger partial charge in [-0.1, -0.05) is 48.9 Å². The lowest BCUT2D eigenvalue weighted by atomic mass is 9.69. The SMILES string of the molecule is CCc1ccc2c(c1)C(Cc1cc(OCCOCCOC)cc(OCCOCCOC)c1)(Cc1cc(OCCOCCOC)cc(OCCOCCOC)c1)c1cc(C)ccc1-2. The molecule has 4 aromatic rings. The van der Waals surface area contributed by atoms with E-state index in [0.717, 1.165) is 17.5 Å². The van der Waals surface area contributed by atoms with E-state index in [1.54, 1.807) is 28.4 Å². The maximum absolute atomic E-state index is 6.34. The minimum absolute atomic E-state index is 0.382. The van der Waals surface area contributed by atoms with E-state index in [1.165, 1.54) is 33.4 Å². The van der Waals surface area contributed by atoms with Crippen LogP contribution >= 0.6 is 0 Å². The van der Waals surface area contributed by atoms with Crippen LogP contribution in [0.5, 0.6) is 23.0 Å². The van der Waals surface area contributed by atoms with Gasteiger partial charge < -0.3 is 56.8 Å². The summed E-state index contributed by atoms with van der Waals surface area (Å²) in [5, 5.41) is 0. The Bertz CT molecular complexity index is 1750. The number of methoxy groups -OCH3 is 4. The number of fused-ring (bicyclic) bond motifs is 3. The molecule has 0 atom stereocenters. The van der Waals surface area contributed by atoms with Crippen LogP contribution < -0.4 is 18.9 Å². The molecule has 0 saturated heterocycles. The van der Waals surface area contributed by atoms with Gasteiger partial charge in [-0.15, -0.1) is 0 Å².